The Hall–Kier alpha value is 0.740. The van der Waals surface area contributed by atoms with Gasteiger partial charge in [-0.05, 0) is 13.3 Å². The lowest BCUT2D eigenvalue weighted by Crippen LogP contribution is -2.47. The van der Waals surface area contributed by atoms with Crippen molar-refractivity contribution in [1.29, 1.82) is 0 Å². The monoisotopic (exact) mass is 195 g/mol. The zero-order valence-electron chi connectivity index (χ0n) is 7.25. The van der Waals surface area contributed by atoms with E-state index >= 15 is 0 Å². The SMILES string of the molecule is CCCN(N)[C@H](C)C(P)NP. The summed E-state index contributed by atoms with van der Waals surface area (Å²) in [4.78, 5) is 0. The van der Waals surface area contributed by atoms with Crippen LogP contribution in [0.3, 0.4) is 0 Å². The standard InChI is InChI=1S/C6H19N3P2/c1-3-4-9(7)5(2)6(10)8-11/h5-6,8H,3-4,7,10-11H2,1-2H3/t5-,6?/m1/s1. The third-order valence-electron chi connectivity index (χ3n) is 1.72. The summed E-state index contributed by atoms with van der Waals surface area (Å²) < 4.78 is 0. The first-order valence-corrected chi connectivity index (χ1v) is 5.11. The maximum Gasteiger partial charge on any atom is 0.0408 e. The minimum Gasteiger partial charge on any atom is -0.293 e. The molecule has 0 aromatic heterocycles. The summed E-state index contributed by atoms with van der Waals surface area (Å²) in [5.74, 6) is 6.11. The van der Waals surface area contributed by atoms with Crippen molar-refractivity contribution < 1.29 is 0 Å². The normalized spacial score (nSPS) is 16.9. The summed E-state index contributed by atoms with van der Waals surface area (Å²) >= 11 is 0. The maximum absolute atomic E-state index is 5.77. The molecule has 3 unspecified atom stereocenters. The zero-order chi connectivity index (χ0) is 8.85. The molecule has 3 nitrogen and oxygen atoms in total. The fourth-order valence-corrected chi connectivity index (χ4v) is 1.31. The molecule has 0 radical (unpaired) electrons. The Morgan fingerprint density at radius 2 is 2.18 bits per heavy atom. The van der Waals surface area contributed by atoms with Crippen LogP contribution >= 0.6 is 18.6 Å². The molecule has 0 fully saturated rings. The quantitative estimate of drug-likeness (QED) is 0.382. The van der Waals surface area contributed by atoms with Gasteiger partial charge in [-0.3, -0.25) is 10.9 Å². The molecule has 0 aliphatic rings. The molecule has 0 aliphatic heterocycles. The highest BCUT2D eigenvalue weighted by molar-refractivity contribution is 7.20. The molecule has 0 spiro atoms. The number of nitrogens with one attached hydrogen (secondary N) is 1. The lowest BCUT2D eigenvalue weighted by atomic mass is 10.3. The van der Waals surface area contributed by atoms with Gasteiger partial charge in [-0.15, -0.1) is 9.24 Å². The molecule has 0 saturated carbocycles. The van der Waals surface area contributed by atoms with Gasteiger partial charge in [0.25, 0.3) is 0 Å². The number of nitrogens with two attached hydrogens (primary N) is 1. The lowest BCUT2D eigenvalue weighted by Gasteiger charge is -2.28. The second kappa shape index (κ2) is 6.28. The maximum atomic E-state index is 5.77. The van der Waals surface area contributed by atoms with E-state index in [1.54, 1.807) is 0 Å². The molecule has 0 saturated heterocycles. The molecule has 0 aliphatic carbocycles. The summed E-state index contributed by atoms with van der Waals surface area (Å²) in [5.41, 5.74) is 0. The number of nitrogens with zero attached hydrogens (tertiary/aromatic N) is 1. The van der Waals surface area contributed by atoms with Crippen LogP contribution in [0.1, 0.15) is 20.3 Å². The number of rotatable bonds is 5. The smallest absolute Gasteiger partial charge is 0.0408 e. The van der Waals surface area contributed by atoms with Crippen LogP contribution in [0.5, 0.6) is 0 Å². The first-order valence-electron chi connectivity index (χ1n) is 3.86. The predicted octanol–water partition coefficient (Wildman–Crippen LogP) is 0.541. The molecule has 11 heavy (non-hydrogen) atoms. The highest BCUT2D eigenvalue weighted by Crippen LogP contribution is 2.08. The molecule has 0 aromatic carbocycles. The molecule has 68 valence electrons. The van der Waals surface area contributed by atoms with E-state index in [9.17, 15) is 0 Å². The Bertz CT molecular complexity index is 102. The van der Waals surface area contributed by atoms with Gasteiger partial charge in [0.05, 0.1) is 0 Å². The zero-order valence-corrected chi connectivity index (χ0v) is 9.56. The fourth-order valence-electron chi connectivity index (χ4n) is 0.807. The summed E-state index contributed by atoms with van der Waals surface area (Å²) in [6, 6.07) is 0.345. The van der Waals surface area contributed by atoms with E-state index < -0.39 is 0 Å². The van der Waals surface area contributed by atoms with Crippen LogP contribution in [-0.4, -0.2) is 23.4 Å². The van der Waals surface area contributed by atoms with Crippen molar-refractivity contribution >= 4 is 18.6 Å². The molecule has 5 heteroatoms. The van der Waals surface area contributed by atoms with Crippen molar-refractivity contribution in [1.82, 2.24) is 10.1 Å². The third-order valence-corrected chi connectivity index (χ3v) is 3.24. The Morgan fingerprint density at radius 3 is 2.55 bits per heavy atom. The molecule has 0 aromatic rings. The Kier molecular flexibility index (Phi) is 6.70. The molecule has 0 bridgehead atoms. The van der Waals surface area contributed by atoms with Gasteiger partial charge in [0, 0.05) is 18.4 Å². The van der Waals surface area contributed by atoms with E-state index in [4.69, 9.17) is 5.84 Å². The molecular formula is C6H19N3P2. The van der Waals surface area contributed by atoms with Gasteiger partial charge in [0.15, 0.2) is 0 Å². The number of hydrogen-bond donors (Lipinski definition) is 2. The van der Waals surface area contributed by atoms with Gasteiger partial charge in [0.2, 0.25) is 0 Å². The second-order valence-corrected chi connectivity index (χ2v) is 3.72. The first-order chi connectivity index (χ1) is 5.13. The van der Waals surface area contributed by atoms with Crippen LogP contribution in [0.4, 0.5) is 0 Å². The van der Waals surface area contributed by atoms with Gasteiger partial charge in [-0.25, -0.2) is 5.01 Å². The number of hydrogen-bond acceptors (Lipinski definition) is 3. The molecule has 0 amide bonds. The fraction of sp³-hybridized carbons (Fsp3) is 1.00. The van der Waals surface area contributed by atoms with Gasteiger partial charge in [0.1, 0.15) is 0 Å². The van der Waals surface area contributed by atoms with E-state index in [0.29, 0.717) is 11.8 Å². The molecular weight excluding hydrogens is 176 g/mol. The van der Waals surface area contributed by atoms with Gasteiger partial charge in [-0.1, -0.05) is 16.3 Å². The molecule has 0 heterocycles. The average Bonchev–Trinajstić information content (AvgIpc) is 2.02. The van der Waals surface area contributed by atoms with Crippen LogP contribution in [0.15, 0.2) is 0 Å². The van der Waals surface area contributed by atoms with Crippen LogP contribution in [-0.2, 0) is 0 Å². The second-order valence-electron chi connectivity index (χ2n) is 2.67. The van der Waals surface area contributed by atoms with Crippen molar-refractivity contribution in [2.75, 3.05) is 6.54 Å². The average molecular weight is 195 g/mol. The van der Waals surface area contributed by atoms with Crippen molar-refractivity contribution in [3.8, 4) is 0 Å². The van der Waals surface area contributed by atoms with Crippen molar-refractivity contribution in [2.45, 2.75) is 32.1 Å². The van der Waals surface area contributed by atoms with Crippen molar-refractivity contribution in [3.05, 3.63) is 0 Å². The van der Waals surface area contributed by atoms with Crippen LogP contribution in [0.25, 0.3) is 0 Å². The van der Waals surface area contributed by atoms with E-state index in [1.165, 1.54) is 0 Å². The van der Waals surface area contributed by atoms with Crippen molar-refractivity contribution in [3.63, 3.8) is 0 Å². The molecule has 3 N–H and O–H groups in total. The van der Waals surface area contributed by atoms with Gasteiger partial charge < -0.3 is 0 Å². The number of hydrazine groups is 1. The minimum atomic E-state index is 0.330. The van der Waals surface area contributed by atoms with Gasteiger partial charge in [-0.2, -0.15) is 0 Å². The highest BCUT2D eigenvalue weighted by Gasteiger charge is 2.14. The Morgan fingerprint density at radius 1 is 1.64 bits per heavy atom. The summed E-state index contributed by atoms with van der Waals surface area (Å²) in [5, 5.41) is 4.92. The highest BCUT2D eigenvalue weighted by atomic mass is 31.0. The van der Waals surface area contributed by atoms with Crippen LogP contribution in [0, 0.1) is 0 Å². The van der Waals surface area contributed by atoms with E-state index in [2.05, 4.69) is 37.6 Å². The minimum absolute atomic E-state index is 0.330. The van der Waals surface area contributed by atoms with Gasteiger partial charge >= 0.3 is 0 Å². The summed E-state index contributed by atoms with van der Waals surface area (Å²) in [6.07, 6.45) is 1.09. The van der Waals surface area contributed by atoms with Crippen LogP contribution in [0.2, 0.25) is 0 Å². The topological polar surface area (TPSA) is 41.3 Å². The third kappa shape index (κ3) is 4.35. The van der Waals surface area contributed by atoms with E-state index in [0.717, 1.165) is 13.0 Å². The molecule has 0 rings (SSSR count). The first kappa shape index (κ1) is 11.7. The van der Waals surface area contributed by atoms with Crippen molar-refractivity contribution in [2.24, 2.45) is 5.84 Å². The largest absolute Gasteiger partial charge is 0.293 e. The summed E-state index contributed by atoms with van der Waals surface area (Å²) in [6.45, 7) is 5.17. The Balaban J connectivity index is 3.70. The predicted molar refractivity (Wildman–Crippen MR) is 57.0 cm³/mol. The summed E-state index contributed by atoms with van der Waals surface area (Å²) in [7, 11) is 5.21. The Labute approximate surface area is 73.9 Å². The van der Waals surface area contributed by atoms with Crippen LogP contribution < -0.4 is 10.9 Å². The molecule has 4 atom stereocenters. The lowest BCUT2D eigenvalue weighted by molar-refractivity contribution is 0.207. The van der Waals surface area contributed by atoms with E-state index in [-0.39, 0.29) is 0 Å². The van der Waals surface area contributed by atoms with E-state index in [1.807, 2.05) is 5.01 Å².